The van der Waals surface area contributed by atoms with Crippen molar-refractivity contribution in [3.05, 3.63) is 35.7 Å². The van der Waals surface area contributed by atoms with Crippen LogP contribution >= 0.6 is 0 Å². The standard InChI is InChI=1S/C9H5N5O2/c10-5-8-11-13-14(12-8)7-3-1-6(2-4-7)9(15)16/h1-4H,(H,15,16). The summed E-state index contributed by atoms with van der Waals surface area (Å²) in [6, 6.07) is 7.66. The summed E-state index contributed by atoms with van der Waals surface area (Å²) < 4.78 is 0. The molecule has 7 nitrogen and oxygen atoms in total. The normalized spacial score (nSPS) is 9.69. The molecule has 78 valence electrons. The van der Waals surface area contributed by atoms with Gasteiger partial charge >= 0.3 is 5.97 Å². The van der Waals surface area contributed by atoms with Crippen molar-refractivity contribution >= 4 is 5.97 Å². The fourth-order valence-corrected chi connectivity index (χ4v) is 1.11. The zero-order chi connectivity index (χ0) is 11.5. The Hall–Kier alpha value is -2.75. The van der Waals surface area contributed by atoms with Crippen molar-refractivity contribution in [2.75, 3.05) is 0 Å². The Morgan fingerprint density at radius 2 is 2.06 bits per heavy atom. The Bertz CT molecular complexity index is 566. The van der Waals surface area contributed by atoms with Gasteiger partial charge in [0.25, 0.3) is 5.82 Å². The molecule has 16 heavy (non-hydrogen) atoms. The molecule has 0 saturated carbocycles. The Morgan fingerprint density at radius 1 is 1.38 bits per heavy atom. The molecule has 0 spiro atoms. The van der Waals surface area contributed by atoms with Crippen LogP contribution in [-0.2, 0) is 0 Å². The van der Waals surface area contributed by atoms with E-state index in [-0.39, 0.29) is 11.4 Å². The Labute approximate surface area is 89.6 Å². The molecule has 0 atom stereocenters. The minimum Gasteiger partial charge on any atom is -0.478 e. The van der Waals surface area contributed by atoms with E-state index in [1.807, 2.05) is 0 Å². The third kappa shape index (κ3) is 1.72. The molecule has 0 amide bonds. The molecule has 0 saturated heterocycles. The molecule has 1 heterocycles. The number of benzene rings is 1. The van der Waals surface area contributed by atoms with Gasteiger partial charge in [0.1, 0.15) is 6.07 Å². The maximum absolute atomic E-state index is 10.6. The van der Waals surface area contributed by atoms with Crippen molar-refractivity contribution < 1.29 is 9.90 Å². The summed E-state index contributed by atoms with van der Waals surface area (Å²) in [4.78, 5) is 11.8. The molecule has 7 heteroatoms. The zero-order valence-electron chi connectivity index (χ0n) is 7.90. The molecule has 1 aromatic carbocycles. The molecule has 0 aliphatic heterocycles. The number of tetrazole rings is 1. The van der Waals surface area contributed by atoms with Crippen LogP contribution in [0.15, 0.2) is 24.3 Å². The summed E-state index contributed by atoms with van der Waals surface area (Å²) in [5, 5.41) is 28.1. The number of aromatic nitrogens is 4. The molecule has 2 aromatic rings. The summed E-state index contributed by atoms with van der Waals surface area (Å²) in [6.07, 6.45) is 0. The SMILES string of the molecule is N#Cc1nnn(-c2ccc(C(=O)O)cc2)n1. The molecule has 0 aliphatic carbocycles. The summed E-state index contributed by atoms with van der Waals surface area (Å²) in [5.41, 5.74) is 0.711. The number of carbonyl (C=O) groups is 1. The lowest BCUT2D eigenvalue weighted by Crippen LogP contribution is -2.01. The minimum atomic E-state index is -1.00. The highest BCUT2D eigenvalue weighted by Crippen LogP contribution is 2.07. The first-order chi connectivity index (χ1) is 7.70. The number of nitrogens with zero attached hydrogens (tertiary/aromatic N) is 5. The average Bonchev–Trinajstić information content (AvgIpc) is 2.77. The van der Waals surface area contributed by atoms with Crippen molar-refractivity contribution in [2.24, 2.45) is 0 Å². The van der Waals surface area contributed by atoms with Gasteiger partial charge in [-0.3, -0.25) is 0 Å². The van der Waals surface area contributed by atoms with Gasteiger partial charge in [-0.15, -0.1) is 9.90 Å². The number of carboxylic acids is 1. The fraction of sp³-hybridized carbons (Fsp3) is 0. The van der Waals surface area contributed by atoms with E-state index in [0.717, 1.165) is 4.80 Å². The van der Waals surface area contributed by atoms with Gasteiger partial charge < -0.3 is 5.11 Å². The molecule has 0 fully saturated rings. The molecular weight excluding hydrogens is 210 g/mol. The largest absolute Gasteiger partial charge is 0.478 e. The lowest BCUT2D eigenvalue weighted by Gasteiger charge is -1.98. The zero-order valence-corrected chi connectivity index (χ0v) is 7.90. The van der Waals surface area contributed by atoms with Crippen LogP contribution in [0.25, 0.3) is 5.69 Å². The van der Waals surface area contributed by atoms with Crippen LogP contribution < -0.4 is 0 Å². The van der Waals surface area contributed by atoms with E-state index in [1.165, 1.54) is 24.3 Å². The predicted molar refractivity (Wildman–Crippen MR) is 50.8 cm³/mol. The van der Waals surface area contributed by atoms with Gasteiger partial charge in [0, 0.05) is 0 Å². The predicted octanol–water partition coefficient (Wildman–Crippen LogP) is 0.232. The van der Waals surface area contributed by atoms with Gasteiger partial charge in [-0.05, 0) is 29.5 Å². The third-order valence-electron chi connectivity index (χ3n) is 1.86. The van der Waals surface area contributed by atoms with Crippen LogP contribution in [0.5, 0.6) is 0 Å². The Morgan fingerprint density at radius 3 is 2.56 bits per heavy atom. The lowest BCUT2D eigenvalue weighted by molar-refractivity contribution is 0.0697. The molecule has 0 aliphatic rings. The molecule has 0 radical (unpaired) electrons. The van der Waals surface area contributed by atoms with Crippen LogP contribution in [0.4, 0.5) is 0 Å². The number of hydrogen-bond acceptors (Lipinski definition) is 5. The van der Waals surface area contributed by atoms with Crippen LogP contribution in [0.3, 0.4) is 0 Å². The second-order valence-corrected chi connectivity index (χ2v) is 2.87. The van der Waals surface area contributed by atoms with E-state index in [0.29, 0.717) is 5.69 Å². The second-order valence-electron chi connectivity index (χ2n) is 2.87. The van der Waals surface area contributed by atoms with Crippen molar-refractivity contribution in [3.8, 4) is 11.8 Å². The third-order valence-corrected chi connectivity index (χ3v) is 1.86. The van der Waals surface area contributed by atoms with Gasteiger partial charge in [-0.25, -0.2) is 4.79 Å². The first-order valence-electron chi connectivity index (χ1n) is 4.24. The summed E-state index contributed by atoms with van der Waals surface area (Å²) in [6.45, 7) is 0. The number of hydrogen-bond donors (Lipinski definition) is 1. The topological polar surface area (TPSA) is 105 Å². The van der Waals surface area contributed by atoms with E-state index < -0.39 is 5.97 Å². The van der Waals surface area contributed by atoms with Crippen LogP contribution in [0.2, 0.25) is 0 Å². The summed E-state index contributed by atoms with van der Waals surface area (Å²) in [5.74, 6) is -1.04. The average molecular weight is 215 g/mol. The molecule has 2 rings (SSSR count). The molecule has 1 aromatic heterocycles. The van der Waals surface area contributed by atoms with E-state index in [4.69, 9.17) is 10.4 Å². The molecule has 1 N–H and O–H groups in total. The number of rotatable bonds is 2. The van der Waals surface area contributed by atoms with Gasteiger partial charge in [-0.1, -0.05) is 5.10 Å². The van der Waals surface area contributed by atoms with Gasteiger partial charge in [0.2, 0.25) is 0 Å². The van der Waals surface area contributed by atoms with Crippen molar-refractivity contribution in [1.82, 2.24) is 20.2 Å². The van der Waals surface area contributed by atoms with E-state index in [1.54, 1.807) is 6.07 Å². The Kier molecular flexibility index (Phi) is 2.31. The summed E-state index contributed by atoms with van der Waals surface area (Å²) >= 11 is 0. The summed E-state index contributed by atoms with van der Waals surface area (Å²) in [7, 11) is 0. The maximum atomic E-state index is 10.6. The molecular formula is C9H5N5O2. The van der Waals surface area contributed by atoms with Crippen LogP contribution in [0.1, 0.15) is 16.2 Å². The number of nitriles is 1. The highest BCUT2D eigenvalue weighted by molar-refractivity contribution is 5.87. The van der Waals surface area contributed by atoms with Gasteiger partial charge in [-0.2, -0.15) is 5.26 Å². The van der Waals surface area contributed by atoms with Gasteiger partial charge in [0.15, 0.2) is 0 Å². The van der Waals surface area contributed by atoms with Crippen molar-refractivity contribution in [1.29, 1.82) is 5.26 Å². The quantitative estimate of drug-likeness (QED) is 0.768. The monoisotopic (exact) mass is 215 g/mol. The van der Waals surface area contributed by atoms with E-state index in [2.05, 4.69) is 15.4 Å². The minimum absolute atomic E-state index is 0.0395. The highest BCUT2D eigenvalue weighted by atomic mass is 16.4. The lowest BCUT2D eigenvalue weighted by atomic mass is 10.2. The van der Waals surface area contributed by atoms with E-state index >= 15 is 0 Å². The Balaban J connectivity index is 2.35. The smallest absolute Gasteiger partial charge is 0.335 e. The molecule has 0 bridgehead atoms. The van der Waals surface area contributed by atoms with Crippen LogP contribution in [0, 0.1) is 11.3 Å². The van der Waals surface area contributed by atoms with Crippen molar-refractivity contribution in [2.45, 2.75) is 0 Å². The van der Waals surface area contributed by atoms with Gasteiger partial charge in [0.05, 0.1) is 11.3 Å². The van der Waals surface area contributed by atoms with Crippen molar-refractivity contribution in [3.63, 3.8) is 0 Å². The first-order valence-corrected chi connectivity index (χ1v) is 4.24. The molecule has 0 unspecified atom stereocenters. The fourth-order valence-electron chi connectivity index (χ4n) is 1.11. The number of carboxylic acid groups (broad SMARTS) is 1. The van der Waals surface area contributed by atoms with E-state index in [9.17, 15) is 4.79 Å². The van der Waals surface area contributed by atoms with Crippen LogP contribution in [-0.4, -0.2) is 31.3 Å². The highest BCUT2D eigenvalue weighted by Gasteiger charge is 2.05. The maximum Gasteiger partial charge on any atom is 0.335 e. The number of aromatic carboxylic acids is 1. The second kappa shape index (κ2) is 3.78. The first kappa shape index (κ1) is 9.79.